The summed E-state index contributed by atoms with van der Waals surface area (Å²) in [4.78, 5) is 41.7. The van der Waals surface area contributed by atoms with Crippen molar-refractivity contribution in [2.75, 3.05) is 18.4 Å². The largest absolute Gasteiger partial charge is 0.480 e. The number of aliphatic carboxylic acids is 2. The van der Waals surface area contributed by atoms with Gasteiger partial charge in [0.05, 0.1) is 0 Å². The smallest absolute Gasteiger partial charge is 0.387 e. The minimum Gasteiger partial charge on any atom is -0.480 e. The summed E-state index contributed by atoms with van der Waals surface area (Å²) < 4.78 is 38.1. The molecule has 0 bridgehead atoms. The van der Waals surface area contributed by atoms with Crippen molar-refractivity contribution in [2.45, 2.75) is 77.7 Å². The number of rotatable bonds is 12. The van der Waals surface area contributed by atoms with Gasteiger partial charge < -0.3 is 24.7 Å². The van der Waals surface area contributed by atoms with Crippen LogP contribution in [-0.2, 0) is 22.7 Å². The fourth-order valence-corrected chi connectivity index (χ4v) is 8.32. The lowest BCUT2D eigenvalue weighted by Gasteiger charge is -2.31. The molecule has 14 heteroatoms. The molecule has 294 valence electrons. The van der Waals surface area contributed by atoms with E-state index in [1.165, 1.54) is 6.07 Å². The van der Waals surface area contributed by atoms with Gasteiger partial charge in [0.15, 0.2) is 11.4 Å². The van der Waals surface area contributed by atoms with E-state index in [0.717, 1.165) is 50.9 Å². The van der Waals surface area contributed by atoms with Crippen molar-refractivity contribution >= 4 is 45.4 Å². The first-order valence-electron chi connectivity index (χ1n) is 18.9. The molecular formula is C43H42F2N6O6. The summed E-state index contributed by atoms with van der Waals surface area (Å²) in [7, 11) is 0. The number of benzene rings is 3. The van der Waals surface area contributed by atoms with Crippen LogP contribution < -0.4 is 10.1 Å². The van der Waals surface area contributed by atoms with Gasteiger partial charge in [-0.3, -0.25) is 24.4 Å². The lowest BCUT2D eigenvalue weighted by Crippen LogP contribution is -2.47. The Morgan fingerprint density at radius 2 is 1.75 bits per heavy atom. The lowest BCUT2D eigenvalue weighted by atomic mass is 9.93. The second kappa shape index (κ2) is 15.2. The Hall–Kier alpha value is -5.99. The summed E-state index contributed by atoms with van der Waals surface area (Å²) >= 11 is 0. The topological polar surface area (TPSA) is 154 Å². The molecule has 0 saturated carbocycles. The highest BCUT2D eigenvalue weighted by Crippen LogP contribution is 2.39. The van der Waals surface area contributed by atoms with Crippen molar-refractivity contribution in [2.24, 2.45) is 0 Å². The molecule has 2 atom stereocenters. The van der Waals surface area contributed by atoms with Crippen LogP contribution in [0.3, 0.4) is 0 Å². The Morgan fingerprint density at radius 3 is 2.53 bits per heavy atom. The molecule has 0 unspecified atom stereocenters. The monoisotopic (exact) mass is 776 g/mol. The van der Waals surface area contributed by atoms with Crippen molar-refractivity contribution in [1.29, 1.82) is 0 Å². The molecule has 57 heavy (non-hydrogen) atoms. The molecule has 8 rings (SSSR count). The molecule has 6 aromatic rings. The van der Waals surface area contributed by atoms with Crippen LogP contribution in [0.2, 0.25) is 0 Å². The molecule has 3 N–H and O–H groups in total. The Labute approximate surface area is 327 Å². The molecule has 12 nitrogen and oxygen atoms in total. The molecule has 3 aromatic carbocycles. The van der Waals surface area contributed by atoms with Crippen LogP contribution >= 0.6 is 0 Å². The maximum atomic E-state index is 13.5. The van der Waals surface area contributed by atoms with E-state index in [1.54, 1.807) is 30.3 Å². The Bertz CT molecular complexity index is 2530. The quantitative estimate of drug-likeness (QED) is 0.109. The van der Waals surface area contributed by atoms with E-state index in [0.29, 0.717) is 67.2 Å². The van der Waals surface area contributed by atoms with Gasteiger partial charge in [-0.15, -0.1) is 0 Å². The maximum absolute atomic E-state index is 13.5. The predicted octanol–water partition coefficient (Wildman–Crippen LogP) is 8.55. The fraction of sp³-hybridized carbons (Fsp3) is 0.326. The average molecular weight is 777 g/mol. The SMILES string of the molecule is Cc1c(Nc2nccc3cc(CN4CCC[C@@]4(C)C(=O)O)cnc23)cccc1-c1cccc(-c2nc3cc(CN4CCC[C@H]4C(=O)O)c(OC(F)F)cc3o2)c1C. The van der Waals surface area contributed by atoms with Crippen LogP contribution in [0.5, 0.6) is 5.75 Å². The van der Waals surface area contributed by atoms with Gasteiger partial charge in [0.2, 0.25) is 5.89 Å². The lowest BCUT2D eigenvalue weighted by molar-refractivity contribution is -0.149. The number of alkyl halides is 2. The summed E-state index contributed by atoms with van der Waals surface area (Å²) in [6, 6.07) is 18.1. The second-order valence-corrected chi connectivity index (χ2v) is 15.1. The molecule has 0 spiro atoms. The minimum absolute atomic E-state index is 0.0802. The first-order valence-corrected chi connectivity index (χ1v) is 18.9. The number of oxazole rings is 1. The van der Waals surface area contributed by atoms with E-state index in [-0.39, 0.29) is 17.9 Å². The number of carboxylic acid groups (broad SMARTS) is 2. The molecule has 0 amide bonds. The van der Waals surface area contributed by atoms with Crippen LogP contribution in [0.1, 0.15) is 54.9 Å². The summed E-state index contributed by atoms with van der Waals surface area (Å²) in [5, 5.41) is 23.9. The highest BCUT2D eigenvalue weighted by molar-refractivity contribution is 5.91. The maximum Gasteiger partial charge on any atom is 0.387 e. The van der Waals surface area contributed by atoms with Gasteiger partial charge in [-0.25, -0.2) is 9.97 Å². The zero-order valence-electron chi connectivity index (χ0n) is 31.8. The molecule has 2 aliphatic heterocycles. The third kappa shape index (κ3) is 7.26. The van der Waals surface area contributed by atoms with Crippen molar-refractivity contribution in [3.05, 3.63) is 95.3 Å². The number of ether oxygens (including phenoxy) is 1. The molecular weight excluding hydrogens is 735 g/mol. The first-order chi connectivity index (χ1) is 27.4. The highest BCUT2D eigenvalue weighted by Gasteiger charge is 2.43. The van der Waals surface area contributed by atoms with Gasteiger partial charge in [-0.2, -0.15) is 8.78 Å². The van der Waals surface area contributed by atoms with E-state index in [4.69, 9.17) is 19.1 Å². The van der Waals surface area contributed by atoms with Crippen LogP contribution in [0, 0.1) is 13.8 Å². The number of fused-ring (bicyclic) bond motifs is 2. The summed E-state index contributed by atoms with van der Waals surface area (Å²) in [6.45, 7) is 4.56. The molecule has 2 aliphatic rings. The minimum atomic E-state index is -3.07. The number of halogens is 2. The van der Waals surface area contributed by atoms with Crippen molar-refractivity contribution in [3.8, 4) is 28.3 Å². The highest BCUT2D eigenvalue weighted by atomic mass is 19.3. The number of nitrogens with zero attached hydrogens (tertiary/aromatic N) is 5. The number of pyridine rings is 2. The number of hydrogen-bond donors (Lipinski definition) is 3. The van der Waals surface area contributed by atoms with Gasteiger partial charge >= 0.3 is 18.6 Å². The number of hydrogen-bond acceptors (Lipinski definition) is 10. The number of likely N-dealkylation sites (tertiary alicyclic amines) is 2. The van der Waals surface area contributed by atoms with E-state index in [9.17, 15) is 28.6 Å². The molecule has 2 saturated heterocycles. The number of carbonyl (C=O) groups is 2. The average Bonchev–Trinajstić information content (AvgIpc) is 3.92. The normalized spacial score (nSPS) is 18.9. The van der Waals surface area contributed by atoms with Gasteiger partial charge in [0.25, 0.3) is 0 Å². The summed E-state index contributed by atoms with van der Waals surface area (Å²) in [5.41, 5.74) is 7.16. The van der Waals surface area contributed by atoms with E-state index in [2.05, 4.69) is 10.3 Å². The van der Waals surface area contributed by atoms with Gasteiger partial charge in [0.1, 0.15) is 28.4 Å². The van der Waals surface area contributed by atoms with Gasteiger partial charge in [-0.05, 0) is 118 Å². The van der Waals surface area contributed by atoms with Crippen molar-refractivity contribution in [1.82, 2.24) is 24.8 Å². The number of anilines is 2. The van der Waals surface area contributed by atoms with Crippen LogP contribution in [0.25, 0.3) is 44.6 Å². The number of aromatic nitrogens is 3. The van der Waals surface area contributed by atoms with Gasteiger partial charge in [-0.1, -0.05) is 24.3 Å². The molecule has 0 radical (unpaired) electrons. The number of nitrogens with one attached hydrogen (secondary N) is 1. The Balaban J connectivity index is 1.07. The van der Waals surface area contributed by atoms with Crippen LogP contribution in [0.4, 0.5) is 20.3 Å². The first kappa shape index (κ1) is 37.9. The molecule has 3 aromatic heterocycles. The van der Waals surface area contributed by atoms with E-state index in [1.807, 2.05) is 67.3 Å². The third-order valence-corrected chi connectivity index (χ3v) is 11.5. The zero-order chi connectivity index (χ0) is 40.0. The number of carboxylic acids is 2. The van der Waals surface area contributed by atoms with Crippen molar-refractivity contribution in [3.63, 3.8) is 0 Å². The zero-order valence-corrected chi connectivity index (χ0v) is 31.8. The Kier molecular flexibility index (Phi) is 10.1. The standard InChI is InChI=1S/C43H42F2N6O6/c1-24-29(8-4-10-31(24)39-49-33-19-28(23-50-16-6-12-34(50)40(52)53)35(57-42(44)45)20-36(33)56-39)30-9-5-11-32(25(30)2)48-38-37-27(13-15-46-38)18-26(21-47-37)22-51-17-7-14-43(51,3)41(54)55/h4-5,8-11,13,15,18-21,34,42H,6-7,12,14,16-17,22-23H2,1-3H3,(H,46,48)(H,52,53)(H,54,55)/t34-,43-/m0/s1. The summed E-state index contributed by atoms with van der Waals surface area (Å²) in [5.74, 6) is -0.938. The van der Waals surface area contributed by atoms with E-state index >= 15 is 0 Å². The predicted molar refractivity (Wildman–Crippen MR) is 211 cm³/mol. The third-order valence-electron chi connectivity index (χ3n) is 11.5. The second-order valence-electron chi connectivity index (χ2n) is 15.1. The molecule has 0 aliphatic carbocycles. The van der Waals surface area contributed by atoms with Crippen molar-refractivity contribution < 1.29 is 37.7 Å². The fourth-order valence-electron chi connectivity index (χ4n) is 8.32. The van der Waals surface area contributed by atoms with Gasteiger partial charge in [0, 0.05) is 53.8 Å². The summed E-state index contributed by atoms with van der Waals surface area (Å²) in [6.07, 6.45) is 6.15. The van der Waals surface area contributed by atoms with E-state index < -0.39 is 30.1 Å². The molecule has 2 fully saturated rings. The molecule has 5 heterocycles. The van der Waals surface area contributed by atoms with Crippen LogP contribution in [-0.4, -0.2) is 78.2 Å². The van der Waals surface area contributed by atoms with Crippen LogP contribution in [0.15, 0.2) is 77.5 Å². The Morgan fingerprint density at radius 1 is 0.982 bits per heavy atom.